The third-order valence-corrected chi connectivity index (χ3v) is 5.85. The van der Waals surface area contributed by atoms with Crippen LogP contribution in [0, 0.1) is 5.82 Å². The number of hydrogen-bond acceptors (Lipinski definition) is 9. The lowest BCUT2D eigenvalue weighted by molar-refractivity contribution is -0.119. The molecular formula is C19H24FN7O5S. The minimum atomic E-state index is -0.595. The molecule has 1 atom stereocenters. The number of anilines is 2. The SMILES string of the molecule is CC(=O)NC[C@H]1CN(c2ccc(N3CCON(C(=O)NC4=NNCS4)CC3)c(F)c2)C(=O)O1. The maximum absolute atomic E-state index is 15.0. The monoisotopic (exact) mass is 481 g/mol. The molecule has 0 radical (unpaired) electrons. The van der Waals surface area contributed by atoms with Crippen LogP contribution < -0.4 is 25.9 Å². The Balaban J connectivity index is 1.36. The number of carbonyl (C=O) groups is 3. The van der Waals surface area contributed by atoms with E-state index in [1.165, 1.54) is 34.7 Å². The summed E-state index contributed by atoms with van der Waals surface area (Å²) in [5.74, 6) is -0.142. The summed E-state index contributed by atoms with van der Waals surface area (Å²) in [6, 6.07) is 4.06. The van der Waals surface area contributed by atoms with Gasteiger partial charge in [-0.15, -0.1) is 0 Å². The van der Waals surface area contributed by atoms with Gasteiger partial charge in [0.2, 0.25) is 5.91 Å². The normalized spacial score (nSPS) is 20.7. The lowest BCUT2D eigenvalue weighted by Gasteiger charge is -2.24. The quantitative estimate of drug-likeness (QED) is 0.571. The molecule has 2 saturated heterocycles. The third kappa shape index (κ3) is 5.57. The number of hydrazone groups is 1. The van der Waals surface area contributed by atoms with E-state index in [4.69, 9.17) is 9.57 Å². The minimum Gasteiger partial charge on any atom is -0.442 e. The number of hydroxylamine groups is 2. The molecule has 0 bridgehead atoms. The van der Waals surface area contributed by atoms with E-state index >= 15 is 0 Å². The van der Waals surface area contributed by atoms with Crippen molar-refractivity contribution in [2.45, 2.75) is 13.0 Å². The maximum atomic E-state index is 15.0. The predicted molar refractivity (Wildman–Crippen MR) is 119 cm³/mol. The second-order valence-electron chi connectivity index (χ2n) is 7.41. The number of benzene rings is 1. The van der Waals surface area contributed by atoms with Crippen molar-refractivity contribution in [2.75, 3.05) is 55.0 Å². The number of amides is 4. The van der Waals surface area contributed by atoms with E-state index in [0.717, 1.165) is 0 Å². The first-order chi connectivity index (χ1) is 15.9. The van der Waals surface area contributed by atoms with Crippen molar-refractivity contribution in [1.29, 1.82) is 0 Å². The first-order valence-electron chi connectivity index (χ1n) is 10.3. The Hall–Kier alpha value is -3.26. The molecule has 4 amide bonds. The van der Waals surface area contributed by atoms with E-state index in [-0.39, 0.29) is 32.1 Å². The minimum absolute atomic E-state index is 0.190. The summed E-state index contributed by atoms with van der Waals surface area (Å²) in [7, 11) is 0. The van der Waals surface area contributed by atoms with Crippen molar-refractivity contribution in [1.82, 2.24) is 21.1 Å². The van der Waals surface area contributed by atoms with E-state index < -0.39 is 24.0 Å². The molecule has 4 rings (SSSR count). The molecule has 0 aromatic heterocycles. The zero-order chi connectivity index (χ0) is 23.4. The summed E-state index contributed by atoms with van der Waals surface area (Å²) in [6.07, 6.45) is -1.10. The number of carbonyl (C=O) groups excluding carboxylic acids is 3. The number of cyclic esters (lactones) is 1. The molecule has 0 saturated carbocycles. The van der Waals surface area contributed by atoms with Crippen molar-refractivity contribution in [3.8, 4) is 0 Å². The Morgan fingerprint density at radius 2 is 2.18 bits per heavy atom. The average Bonchev–Trinajstić information content (AvgIpc) is 3.35. The Labute approximate surface area is 193 Å². The van der Waals surface area contributed by atoms with E-state index in [1.54, 1.807) is 17.0 Å². The first kappa shape index (κ1) is 22.9. The van der Waals surface area contributed by atoms with Crippen LogP contribution in [-0.2, 0) is 14.4 Å². The summed E-state index contributed by atoms with van der Waals surface area (Å²) in [5.41, 5.74) is 3.45. The number of halogens is 1. The fourth-order valence-electron chi connectivity index (χ4n) is 3.52. The summed E-state index contributed by atoms with van der Waals surface area (Å²) in [6.45, 7) is 2.92. The second-order valence-corrected chi connectivity index (χ2v) is 8.37. The lowest BCUT2D eigenvalue weighted by atomic mass is 10.2. The van der Waals surface area contributed by atoms with Crippen LogP contribution in [0.1, 0.15) is 6.92 Å². The summed E-state index contributed by atoms with van der Waals surface area (Å²) in [4.78, 5) is 44.2. The molecule has 0 spiro atoms. The van der Waals surface area contributed by atoms with Crippen LogP contribution >= 0.6 is 11.8 Å². The van der Waals surface area contributed by atoms with Crippen LogP contribution in [0.15, 0.2) is 23.3 Å². The zero-order valence-electron chi connectivity index (χ0n) is 17.9. The molecule has 0 aliphatic carbocycles. The molecule has 3 aliphatic heterocycles. The van der Waals surface area contributed by atoms with Gasteiger partial charge in [0.15, 0.2) is 5.17 Å². The molecule has 1 aromatic carbocycles. The molecule has 33 heavy (non-hydrogen) atoms. The van der Waals surface area contributed by atoms with Gasteiger partial charge >= 0.3 is 12.1 Å². The molecular weight excluding hydrogens is 457 g/mol. The number of nitrogens with one attached hydrogen (secondary N) is 3. The Kier molecular flexibility index (Phi) is 7.03. The fraction of sp³-hybridized carbons (Fsp3) is 0.474. The molecule has 3 N–H and O–H groups in total. The second kappa shape index (κ2) is 10.1. The van der Waals surface area contributed by atoms with Crippen molar-refractivity contribution in [3.05, 3.63) is 24.0 Å². The topological polar surface area (TPSA) is 128 Å². The van der Waals surface area contributed by atoms with Crippen LogP contribution in [0.3, 0.4) is 0 Å². The Morgan fingerprint density at radius 1 is 1.33 bits per heavy atom. The van der Waals surface area contributed by atoms with Gasteiger partial charge in [0, 0.05) is 20.0 Å². The van der Waals surface area contributed by atoms with Crippen molar-refractivity contribution < 1.29 is 28.3 Å². The number of nitrogens with zero attached hydrogens (tertiary/aromatic N) is 4. The van der Waals surface area contributed by atoms with Gasteiger partial charge < -0.3 is 15.0 Å². The molecule has 12 nitrogen and oxygen atoms in total. The van der Waals surface area contributed by atoms with Gasteiger partial charge in [-0.05, 0) is 18.2 Å². The van der Waals surface area contributed by atoms with Crippen molar-refractivity contribution in [2.24, 2.45) is 5.10 Å². The molecule has 14 heteroatoms. The van der Waals surface area contributed by atoms with E-state index in [1.807, 2.05) is 0 Å². The molecule has 0 unspecified atom stereocenters. The van der Waals surface area contributed by atoms with Gasteiger partial charge in [-0.2, -0.15) is 5.10 Å². The summed E-state index contributed by atoms with van der Waals surface area (Å²) in [5, 5.41) is 10.9. The van der Waals surface area contributed by atoms with Crippen LogP contribution in [0.5, 0.6) is 0 Å². The summed E-state index contributed by atoms with van der Waals surface area (Å²) >= 11 is 1.36. The lowest BCUT2D eigenvalue weighted by Crippen LogP contribution is -2.43. The number of ether oxygens (including phenoxy) is 1. The zero-order valence-corrected chi connectivity index (χ0v) is 18.7. The highest BCUT2D eigenvalue weighted by atomic mass is 32.2. The first-order valence-corrected chi connectivity index (χ1v) is 11.3. The Morgan fingerprint density at radius 3 is 2.91 bits per heavy atom. The van der Waals surface area contributed by atoms with Gasteiger partial charge in [-0.25, -0.2) is 19.0 Å². The number of rotatable bonds is 4. The van der Waals surface area contributed by atoms with E-state index in [0.29, 0.717) is 35.5 Å². The average molecular weight is 482 g/mol. The largest absolute Gasteiger partial charge is 0.442 e. The van der Waals surface area contributed by atoms with E-state index in [9.17, 15) is 18.8 Å². The predicted octanol–water partition coefficient (Wildman–Crippen LogP) is 0.615. The molecule has 2 fully saturated rings. The van der Waals surface area contributed by atoms with Crippen molar-refractivity contribution >= 4 is 46.3 Å². The molecule has 3 aliphatic rings. The van der Waals surface area contributed by atoms with Crippen LogP contribution in [0.4, 0.5) is 25.4 Å². The highest BCUT2D eigenvalue weighted by Crippen LogP contribution is 2.28. The summed E-state index contributed by atoms with van der Waals surface area (Å²) < 4.78 is 20.2. The van der Waals surface area contributed by atoms with Crippen LogP contribution in [0.25, 0.3) is 0 Å². The van der Waals surface area contributed by atoms with Gasteiger partial charge in [0.05, 0.1) is 43.5 Å². The van der Waals surface area contributed by atoms with Gasteiger partial charge in [-0.1, -0.05) is 11.8 Å². The highest BCUT2D eigenvalue weighted by molar-refractivity contribution is 8.14. The third-order valence-electron chi connectivity index (χ3n) is 5.11. The maximum Gasteiger partial charge on any atom is 0.414 e. The molecule has 178 valence electrons. The standard InChI is InChI=1S/C19H24FN7O5S/c1-12(28)21-9-14-10-26(19(30)32-14)13-2-3-16(15(20)8-13)25-4-5-27(31-7-6-25)18(29)23-17-24-22-11-33-17/h2-3,8,14,22H,4-7,9-11H2,1H3,(H,21,28)(H,23,24,29)/t14-/m0/s1. The van der Waals surface area contributed by atoms with Crippen LogP contribution in [0.2, 0.25) is 0 Å². The van der Waals surface area contributed by atoms with Gasteiger partial charge in [-0.3, -0.25) is 25.3 Å². The smallest absolute Gasteiger partial charge is 0.414 e. The van der Waals surface area contributed by atoms with Gasteiger partial charge in [0.1, 0.15) is 11.9 Å². The van der Waals surface area contributed by atoms with Gasteiger partial charge in [0.25, 0.3) is 0 Å². The number of urea groups is 1. The number of hydrogen-bond donors (Lipinski definition) is 3. The fourth-order valence-corrected chi connectivity index (χ4v) is 4.08. The molecule has 3 heterocycles. The number of amidine groups is 1. The Bertz CT molecular complexity index is 964. The number of thioether (sulfide) groups is 1. The highest BCUT2D eigenvalue weighted by Gasteiger charge is 2.33. The van der Waals surface area contributed by atoms with Crippen molar-refractivity contribution in [3.63, 3.8) is 0 Å². The van der Waals surface area contributed by atoms with Crippen LogP contribution in [-0.4, -0.2) is 79.6 Å². The molecule has 1 aromatic rings. The van der Waals surface area contributed by atoms with E-state index in [2.05, 4.69) is 21.2 Å².